The molecule has 0 aliphatic heterocycles. The van der Waals surface area contributed by atoms with Crippen LogP contribution in [0.3, 0.4) is 0 Å². The minimum atomic E-state index is 0.191. The third kappa shape index (κ3) is 2.49. The Bertz CT molecular complexity index is 792. The van der Waals surface area contributed by atoms with Gasteiger partial charge in [0.15, 0.2) is 0 Å². The average Bonchev–Trinajstić information content (AvgIpc) is 3.08. The third-order valence-electron chi connectivity index (χ3n) is 2.96. The highest BCUT2D eigenvalue weighted by molar-refractivity contribution is 7.13. The molecule has 0 unspecified atom stereocenters. The Kier molecular flexibility index (Phi) is 3.63. The summed E-state index contributed by atoms with van der Waals surface area (Å²) < 4.78 is 5.17. The number of rotatable bonds is 3. The number of aromatic nitrogens is 2. The van der Waals surface area contributed by atoms with Crippen LogP contribution in [0, 0.1) is 11.3 Å². The number of nitriles is 1. The predicted molar refractivity (Wildman–Crippen MR) is 82.0 cm³/mol. The average molecular weight is 293 g/mol. The monoisotopic (exact) mass is 293 g/mol. The topological polar surface area (TPSA) is 58.8 Å². The summed E-state index contributed by atoms with van der Waals surface area (Å²) in [6.45, 7) is 0. The molecule has 0 aliphatic carbocycles. The highest BCUT2D eigenvalue weighted by atomic mass is 32.1. The largest absolute Gasteiger partial charge is 0.479 e. The fourth-order valence-electron chi connectivity index (χ4n) is 2.02. The molecule has 0 bridgehead atoms. The maximum atomic E-state index is 9.21. The molecule has 5 heteroatoms. The van der Waals surface area contributed by atoms with E-state index >= 15 is 0 Å². The van der Waals surface area contributed by atoms with Crippen LogP contribution in [0.25, 0.3) is 21.8 Å². The van der Waals surface area contributed by atoms with Crippen LogP contribution in [0.2, 0.25) is 0 Å². The first-order valence-corrected chi connectivity index (χ1v) is 7.17. The molecule has 3 rings (SSSR count). The van der Waals surface area contributed by atoms with Gasteiger partial charge in [-0.15, -0.1) is 11.3 Å². The molecule has 0 spiro atoms. The van der Waals surface area contributed by atoms with Crippen molar-refractivity contribution < 1.29 is 4.74 Å². The van der Waals surface area contributed by atoms with E-state index in [9.17, 15) is 5.26 Å². The molecule has 2 aromatic heterocycles. The third-order valence-corrected chi connectivity index (χ3v) is 3.84. The Morgan fingerprint density at radius 2 is 1.86 bits per heavy atom. The summed E-state index contributed by atoms with van der Waals surface area (Å²) in [6.07, 6.45) is 0. The van der Waals surface area contributed by atoms with Gasteiger partial charge in [0.25, 0.3) is 5.88 Å². The molecular formula is C16H11N3OS. The van der Waals surface area contributed by atoms with Crippen molar-refractivity contribution in [3.63, 3.8) is 0 Å². The minimum Gasteiger partial charge on any atom is -0.479 e. The maximum Gasteiger partial charge on any atom is 0.251 e. The standard InChI is InChI=1S/C16H11N3OS/c1-20-16-12(10-17)18-14(11-6-3-2-4-7-11)15(19-16)13-8-5-9-21-13/h2-9H,1H3. The zero-order valence-corrected chi connectivity index (χ0v) is 12.1. The summed E-state index contributed by atoms with van der Waals surface area (Å²) in [5, 5.41) is 11.2. The van der Waals surface area contributed by atoms with Gasteiger partial charge in [-0.05, 0) is 11.4 Å². The lowest BCUT2D eigenvalue weighted by Gasteiger charge is -2.10. The summed E-state index contributed by atoms with van der Waals surface area (Å²) in [5.74, 6) is 0.251. The number of benzene rings is 1. The van der Waals surface area contributed by atoms with Gasteiger partial charge in [0.2, 0.25) is 5.69 Å². The molecule has 0 radical (unpaired) electrons. The second-order valence-corrected chi connectivity index (χ2v) is 5.18. The molecule has 0 amide bonds. The molecule has 21 heavy (non-hydrogen) atoms. The fraction of sp³-hybridized carbons (Fsp3) is 0.0625. The van der Waals surface area contributed by atoms with Crippen LogP contribution in [0.1, 0.15) is 5.69 Å². The van der Waals surface area contributed by atoms with Crippen LogP contribution in [0.15, 0.2) is 47.8 Å². The van der Waals surface area contributed by atoms with Gasteiger partial charge in [0.1, 0.15) is 11.8 Å². The molecule has 0 aliphatic rings. The zero-order chi connectivity index (χ0) is 14.7. The second-order valence-electron chi connectivity index (χ2n) is 4.23. The van der Waals surface area contributed by atoms with Gasteiger partial charge in [0.05, 0.1) is 17.7 Å². The van der Waals surface area contributed by atoms with Gasteiger partial charge in [0, 0.05) is 5.56 Å². The molecule has 0 saturated carbocycles. The van der Waals surface area contributed by atoms with Crippen molar-refractivity contribution in [1.29, 1.82) is 5.26 Å². The van der Waals surface area contributed by atoms with Crippen molar-refractivity contribution in [2.24, 2.45) is 0 Å². The number of hydrogen-bond acceptors (Lipinski definition) is 5. The van der Waals surface area contributed by atoms with E-state index in [4.69, 9.17) is 4.74 Å². The van der Waals surface area contributed by atoms with Crippen molar-refractivity contribution in [2.75, 3.05) is 7.11 Å². The van der Waals surface area contributed by atoms with E-state index in [-0.39, 0.29) is 11.6 Å². The quantitative estimate of drug-likeness (QED) is 0.738. The van der Waals surface area contributed by atoms with Crippen LogP contribution in [-0.4, -0.2) is 17.1 Å². The van der Waals surface area contributed by atoms with E-state index in [1.165, 1.54) is 7.11 Å². The first-order valence-electron chi connectivity index (χ1n) is 6.29. The highest BCUT2D eigenvalue weighted by Crippen LogP contribution is 2.34. The van der Waals surface area contributed by atoms with Gasteiger partial charge in [-0.1, -0.05) is 36.4 Å². The molecule has 0 atom stereocenters. The molecule has 3 aromatic rings. The number of ether oxygens (including phenoxy) is 1. The van der Waals surface area contributed by atoms with Crippen LogP contribution >= 0.6 is 11.3 Å². The van der Waals surface area contributed by atoms with E-state index in [1.54, 1.807) is 11.3 Å². The normalized spacial score (nSPS) is 10.1. The lowest BCUT2D eigenvalue weighted by Crippen LogP contribution is -2.00. The van der Waals surface area contributed by atoms with Crippen LogP contribution < -0.4 is 4.74 Å². The summed E-state index contributed by atoms with van der Waals surface area (Å²) >= 11 is 1.58. The Balaban J connectivity index is 2.29. The first kappa shape index (κ1) is 13.3. The van der Waals surface area contributed by atoms with E-state index in [0.717, 1.165) is 16.1 Å². The molecule has 0 saturated heterocycles. The van der Waals surface area contributed by atoms with E-state index in [2.05, 4.69) is 9.97 Å². The Hall–Kier alpha value is -2.71. The van der Waals surface area contributed by atoms with Gasteiger partial charge in [-0.25, -0.2) is 9.97 Å². The van der Waals surface area contributed by atoms with Gasteiger partial charge in [-0.2, -0.15) is 5.26 Å². The molecule has 2 heterocycles. The molecule has 1 aromatic carbocycles. The SMILES string of the molecule is COc1nc(-c2cccs2)c(-c2ccccc2)nc1C#N. The highest BCUT2D eigenvalue weighted by Gasteiger charge is 2.17. The lowest BCUT2D eigenvalue weighted by molar-refractivity contribution is 0.395. The smallest absolute Gasteiger partial charge is 0.251 e. The number of methoxy groups -OCH3 is 1. The maximum absolute atomic E-state index is 9.21. The zero-order valence-electron chi connectivity index (χ0n) is 11.3. The van der Waals surface area contributed by atoms with Crippen molar-refractivity contribution in [3.8, 4) is 33.8 Å². The van der Waals surface area contributed by atoms with Gasteiger partial charge >= 0.3 is 0 Å². The lowest BCUT2D eigenvalue weighted by atomic mass is 10.1. The Labute approximate surface area is 126 Å². The second kappa shape index (κ2) is 5.73. The van der Waals surface area contributed by atoms with Crippen molar-refractivity contribution in [2.45, 2.75) is 0 Å². The first-order chi connectivity index (χ1) is 10.3. The summed E-state index contributed by atoms with van der Waals surface area (Å²) in [7, 11) is 1.49. The van der Waals surface area contributed by atoms with Gasteiger partial charge in [-0.3, -0.25) is 0 Å². The molecule has 4 nitrogen and oxygen atoms in total. The number of nitrogens with zero attached hydrogens (tertiary/aromatic N) is 3. The number of thiophene rings is 1. The fourth-order valence-corrected chi connectivity index (χ4v) is 2.73. The van der Waals surface area contributed by atoms with Crippen molar-refractivity contribution in [3.05, 3.63) is 53.5 Å². The Morgan fingerprint density at radius 1 is 1.05 bits per heavy atom. The van der Waals surface area contributed by atoms with E-state index in [1.807, 2.05) is 53.9 Å². The summed E-state index contributed by atoms with van der Waals surface area (Å²) in [4.78, 5) is 9.92. The van der Waals surface area contributed by atoms with E-state index < -0.39 is 0 Å². The number of hydrogen-bond donors (Lipinski definition) is 0. The van der Waals surface area contributed by atoms with Gasteiger partial charge < -0.3 is 4.74 Å². The van der Waals surface area contributed by atoms with Crippen molar-refractivity contribution in [1.82, 2.24) is 9.97 Å². The van der Waals surface area contributed by atoms with E-state index in [0.29, 0.717) is 5.69 Å². The Morgan fingerprint density at radius 3 is 2.48 bits per heavy atom. The molecule has 0 fully saturated rings. The van der Waals surface area contributed by atoms with Crippen LogP contribution in [0.4, 0.5) is 0 Å². The molecule has 102 valence electrons. The molecule has 0 N–H and O–H groups in total. The predicted octanol–water partition coefficient (Wildman–Crippen LogP) is 3.75. The summed E-state index contributed by atoms with van der Waals surface area (Å²) in [6, 6.07) is 15.7. The molecular weight excluding hydrogens is 282 g/mol. The van der Waals surface area contributed by atoms with Crippen molar-refractivity contribution >= 4 is 11.3 Å². The van der Waals surface area contributed by atoms with Crippen LogP contribution in [0.5, 0.6) is 5.88 Å². The minimum absolute atomic E-state index is 0.191. The summed E-state index contributed by atoms with van der Waals surface area (Å²) in [5.41, 5.74) is 2.53. The van der Waals surface area contributed by atoms with Crippen LogP contribution in [-0.2, 0) is 0 Å².